The van der Waals surface area contributed by atoms with E-state index in [-0.39, 0.29) is 18.8 Å². The molecule has 90 valence electrons. The molecule has 0 saturated carbocycles. The molecule has 1 saturated heterocycles. The largest absolute Gasteiger partial charge is 0.393 e. The van der Waals surface area contributed by atoms with Gasteiger partial charge in [-0.1, -0.05) is 0 Å². The number of aryl methyl sites for hydroxylation is 2. The number of cyclic esters (lactones) is 2. The molecule has 0 N–H and O–H groups in total. The van der Waals surface area contributed by atoms with E-state index in [1.54, 1.807) is 0 Å². The fourth-order valence-electron chi connectivity index (χ4n) is 2.53. The van der Waals surface area contributed by atoms with E-state index < -0.39 is 11.9 Å². The molecule has 5 heteroatoms. The lowest BCUT2D eigenvalue weighted by molar-refractivity contribution is -0.164. The molecule has 17 heavy (non-hydrogen) atoms. The first kappa shape index (κ1) is 10.5. The Morgan fingerprint density at radius 3 is 2.71 bits per heavy atom. The van der Waals surface area contributed by atoms with Gasteiger partial charge in [0, 0.05) is 25.1 Å². The van der Waals surface area contributed by atoms with E-state index in [1.807, 2.05) is 6.20 Å². The second-order valence-corrected chi connectivity index (χ2v) is 4.68. The van der Waals surface area contributed by atoms with E-state index in [0.717, 1.165) is 24.5 Å². The molecular formula is C12H14N2O3. The highest BCUT2D eigenvalue weighted by Gasteiger charge is 2.30. The van der Waals surface area contributed by atoms with Crippen LogP contribution < -0.4 is 0 Å². The summed E-state index contributed by atoms with van der Waals surface area (Å²) in [5.41, 5.74) is 0.868. The molecule has 0 spiro atoms. The van der Waals surface area contributed by atoms with Crippen molar-refractivity contribution in [1.29, 1.82) is 0 Å². The SMILES string of the molecule is O=C1CC(c2cn3c(n2)CCCC3)CC(=O)O1. The summed E-state index contributed by atoms with van der Waals surface area (Å²) in [5, 5.41) is 0. The average molecular weight is 234 g/mol. The number of fused-ring (bicyclic) bond motifs is 1. The third-order valence-corrected chi connectivity index (χ3v) is 3.40. The first-order valence-electron chi connectivity index (χ1n) is 6.02. The first-order valence-corrected chi connectivity index (χ1v) is 6.02. The molecule has 0 atom stereocenters. The Labute approximate surface area is 98.8 Å². The Morgan fingerprint density at radius 2 is 2.00 bits per heavy atom. The molecule has 0 bridgehead atoms. The molecule has 3 heterocycles. The van der Waals surface area contributed by atoms with Crippen LogP contribution in [0.2, 0.25) is 0 Å². The maximum atomic E-state index is 11.2. The number of nitrogens with zero attached hydrogens (tertiary/aromatic N) is 2. The summed E-state index contributed by atoms with van der Waals surface area (Å²) >= 11 is 0. The van der Waals surface area contributed by atoms with Gasteiger partial charge in [0.1, 0.15) is 5.82 Å². The van der Waals surface area contributed by atoms with Crippen molar-refractivity contribution in [2.45, 2.75) is 44.6 Å². The normalized spacial score (nSPS) is 21.2. The van der Waals surface area contributed by atoms with Crippen molar-refractivity contribution in [1.82, 2.24) is 9.55 Å². The zero-order chi connectivity index (χ0) is 11.8. The molecule has 2 aliphatic rings. The van der Waals surface area contributed by atoms with Crippen LogP contribution in [0.5, 0.6) is 0 Å². The number of esters is 2. The summed E-state index contributed by atoms with van der Waals surface area (Å²) in [6, 6.07) is 0. The number of imidazole rings is 1. The van der Waals surface area contributed by atoms with Gasteiger partial charge in [-0.3, -0.25) is 9.59 Å². The van der Waals surface area contributed by atoms with Crippen molar-refractivity contribution >= 4 is 11.9 Å². The quantitative estimate of drug-likeness (QED) is 0.540. The van der Waals surface area contributed by atoms with Crippen molar-refractivity contribution in [3.63, 3.8) is 0 Å². The van der Waals surface area contributed by atoms with Gasteiger partial charge in [0.15, 0.2) is 0 Å². The van der Waals surface area contributed by atoms with E-state index >= 15 is 0 Å². The van der Waals surface area contributed by atoms with Crippen LogP contribution in [0.25, 0.3) is 0 Å². The topological polar surface area (TPSA) is 61.2 Å². The van der Waals surface area contributed by atoms with Gasteiger partial charge < -0.3 is 9.30 Å². The Hall–Kier alpha value is -1.65. The summed E-state index contributed by atoms with van der Waals surface area (Å²) in [6.07, 6.45) is 5.86. The summed E-state index contributed by atoms with van der Waals surface area (Å²) < 4.78 is 6.67. The highest BCUT2D eigenvalue weighted by atomic mass is 16.6. The van der Waals surface area contributed by atoms with Gasteiger partial charge in [-0.15, -0.1) is 0 Å². The van der Waals surface area contributed by atoms with Gasteiger partial charge in [0.05, 0.1) is 18.5 Å². The minimum absolute atomic E-state index is 0.0955. The van der Waals surface area contributed by atoms with Gasteiger partial charge >= 0.3 is 11.9 Å². The zero-order valence-electron chi connectivity index (χ0n) is 9.52. The summed E-state index contributed by atoms with van der Waals surface area (Å²) in [6.45, 7) is 0.993. The molecule has 0 aromatic carbocycles. The predicted octanol–water partition coefficient (Wildman–Crippen LogP) is 1.17. The van der Waals surface area contributed by atoms with Gasteiger partial charge in [-0.25, -0.2) is 4.98 Å². The number of hydrogen-bond acceptors (Lipinski definition) is 4. The Morgan fingerprint density at radius 1 is 1.24 bits per heavy atom. The van der Waals surface area contributed by atoms with E-state index in [9.17, 15) is 9.59 Å². The molecule has 0 radical (unpaired) electrons. The van der Waals surface area contributed by atoms with Gasteiger partial charge in [-0.05, 0) is 12.8 Å². The summed E-state index contributed by atoms with van der Waals surface area (Å²) in [5.74, 6) is 0.119. The summed E-state index contributed by atoms with van der Waals surface area (Å²) in [4.78, 5) is 27.0. The predicted molar refractivity (Wildman–Crippen MR) is 58.2 cm³/mol. The lowest BCUT2D eigenvalue weighted by Crippen LogP contribution is -2.24. The van der Waals surface area contributed by atoms with Crippen molar-refractivity contribution in [3.8, 4) is 0 Å². The lowest BCUT2D eigenvalue weighted by Gasteiger charge is -2.17. The molecular weight excluding hydrogens is 220 g/mol. The molecule has 1 aromatic heterocycles. The van der Waals surface area contributed by atoms with Gasteiger partial charge in [-0.2, -0.15) is 0 Å². The Bertz CT molecular complexity index is 439. The minimum atomic E-state index is -0.433. The fourth-order valence-corrected chi connectivity index (χ4v) is 2.53. The Kier molecular flexibility index (Phi) is 2.46. The molecule has 1 fully saturated rings. The van der Waals surface area contributed by atoms with Crippen LogP contribution in [0.4, 0.5) is 0 Å². The van der Waals surface area contributed by atoms with Crippen LogP contribution in [0.15, 0.2) is 6.20 Å². The van der Waals surface area contributed by atoms with Crippen molar-refractivity contribution in [2.24, 2.45) is 0 Å². The lowest BCUT2D eigenvalue weighted by atomic mass is 9.96. The van der Waals surface area contributed by atoms with E-state index in [1.165, 1.54) is 12.8 Å². The molecule has 2 aliphatic heterocycles. The molecule has 0 aliphatic carbocycles. The monoisotopic (exact) mass is 234 g/mol. The highest BCUT2D eigenvalue weighted by molar-refractivity contribution is 5.89. The van der Waals surface area contributed by atoms with Crippen LogP contribution in [0, 0.1) is 0 Å². The van der Waals surface area contributed by atoms with E-state index in [0.29, 0.717) is 0 Å². The van der Waals surface area contributed by atoms with Crippen molar-refractivity contribution in [2.75, 3.05) is 0 Å². The van der Waals surface area contributed by atoms with Crippen LogP contribution >= 0.6 is 0 Å². The summed E-state index contributed by atoms with van der Waals surface area (Å²) in [7, 11) is 0. The Balaban J connectivity index is 1.85. The molecule has 0 unspecified atom stereocenters. The number of rotatable bonds is 1. The zero-order valence-corrected chi connectivity index (χ0v) is 9.52. The van der Waals surface area contributed by atoms with Crippen LogP contribution in [0.1, 0.15) is 43.1 Å². The second-order valence-electron chi connectivity index (χ2n) is 4.68. The third-order valence-electron chi connectivity index (χ3n) is 3.40. The van der Waals surface area contributed by atoms with E-state index in [4.69, 9.17) is 0 Å². The molecule has 1 aromatic rings. The van der Waals surface area contributed by atoms with Crippen LogP contribution in [0.3, 0.4) is 0 Å². The second kappa shape index (κ2) is 3.98. The third kappa shape index (κ3) is 1.97. The molecule has 3 rings (SSSR count). The standard InChI is InChI=1S/C12H14N2O3/c15-11-5-8(6-12(16)17-11)9-7-14-4-2-1-3-10(14)13-9/h7-8H,1-6H2. The fraction of sp³-hybridized carbons (Fsp3) is 0.583. The molecule has 5 nitrogen and oxygen atoms in total. The maximum absolute atomic E-state index is 11.2. The number of aromatic nitrogens is 2. The minimum Gasteiger partial charge on any atom is -0.393 e. The van der Waals surface area contributed by atoms with Crippen LogP contribution in [-0.2, 0) is 27.3 Å². The van der Waals surface area contributed by atoms with Gasteiger partial charge in [0.25, 0.3) is 0 Å². The number of ether oxygens (including phenoxy) is 1. The van der Waals surface area contributed by atoms with Crippen molar-refractivity contribution < 1.29 is 14.3 Å². The number of carbonyl (C=O) groups is 2. The average Bonchev–Trinajstić information content (AvgIpc) is 2.71. The first-order chi connectivity index (χ1) is 8.22. The molecule has 0 amide bonds. The maximum Gasteiger partial charge on any atom is 0.314 e. The van der Waals surface area contributed by atoms with Crippen LogP contribution in [-0.4, -0.2) is 21.5 Å². The smallest absolute Gasteiger partial charge is 0.314 e. The van der Waals surface area contributed by atoms with E-state index in [2.05, 4.69) is 14.3 Å². The highest BCUT2D eigenvalue weighted by Crippen LogP contribution is 2.28. The van der Waals surface area contributed by atoms with Gasteiger partial charge in [0.2, 0.25) is 0 Å². The number of carbonyl (C=O) groups excluding carboxylic acids is 2. The number of hydrogen-bond donors (Lipinski definition) is 0. The van der Waals surface area contributed by atoms with Crippen molar-refractivity contribution in [3.05, 3.63) is 17.7 Å².